The van der Waals surface area contributed by atoms with Gasteiger partial charge in [0.05, 0.1) is 0 Å². The van der Waals surface area contributed by atoms with Crippen molar-refractivity contribution >= 4 is 11.8 Å². The molecule has 1 atom stereocenters. The van der Waals surface area contributed by atoms with E-state index < -0.39 is 0 Å². The van der Waals surface area contributed by atoms with Crippen molar-refractivity contribution in [3.05, 3.63) is 11.6 Å². The van der Waals surface area contributed by atoms with Crippen LogP contribution in [-0.2, 0) is 0 Å². The highest BCUT2D eigenvalue weighted by molar-refractivity contribution is 8.00. The normalized spacial score (nSPS) is 19.2. The quantitative estimate of drug-likeness (QED) is 0.697. The molecule has 1 unspecified atom stereocenters. The Morgan fingerprint density at radius 1 is 1.28 bits per heavy atom. The van der Waals surface area contributed by atoms with Gasteiger partial charge < -0.3 is 5.32 Å². The zero-order valence-electron chi connectivity index (χ0n) is 12.7. The molecule has 0 spiro atoms. The van der Waals surface area contributed by atoms with E-state index in [1.165, 1.54) is 44.3 Å². The third kappa shape index (κ3) is 6.84. The number of rotatable bonds is 6. The van der Waals surface area contributed by atoms with Crippen molar-refractivity contribution in [3.63, 3.8) is 0 Å². The second kappa shape index (κ2) is 8.27. The Balaban J connectivity index is 2.55. The molecule has 0 bridgehead atoms. The molecule has 0 radical (unpaired) electrons. The summed E-state index contributed by atoms with van der Waals surface area (Å²) in [7, 11) is 0. The van der Waals surface area contributed by atoms with Gasteiger partial charge in [0.2, 0.25) is 0 Å². The van der Waals surface area contributed by atoms with E-state index in [1.807, 2.05) is 0 Å². The lowest BCUT2D eigenvalue weighted by atomic mass is 10.0. The maximum absolute atomic E-state index is 3.75. The summed E-state index contributed by atoms with van der Waals surface area (Å²) in [4.78, 5) is 0. The van der Waals surface area contributed by atoms with Crippen LogP contribution in [-0.4, -0.2) is 23.1 Å². The van der Waals surface area contributed by atoms with E-state index in [-0.39, 0.29) is 0 Å². The second-order valence-electron chi connectivity index (χ2n) is 6.31. The SMILES string of the molecule is CCCNC(CSC(C)(C)C)C1=CCCCCC1. The van der Waals surface area contributed by atoms with Crippen LogP contribution in [0.5, 0.6) is 0 Å². The highest BCUT2D eigenvalue weighted by Crippen LogP contribution is 2.28. The number of thioether (sulfide) groups is 1. The van der Waals surface area contributed by atoms with Gasteiger partial charge in [-0.05, 0) is 38.6 Å². The smallest absolute Gasteiger partial charge is 0.0371 e. The zero-order chi connectivity index (χ0) is 13.4. The number of hydrogen-bond acceptors (Lipinski definition) is 2. The maximum Gasteiger partial charge on any atom is 0.0371 e. The Morgan fingerprint density at radius 2 is 2.06 bits per heavy atom. The fourth-order valence-corrected chi connectivity index (χ4v) is 3.30. The first-order chi connectivity index (χ1) is 8.53. The summed E-state index contributed by atoms with van der Waals surface area (Å²) in [5.74, 6) is 1.22. The van der Waals surface area contributed by atoms with Gasteiger partial charge in [-0.1, -0.05) is 45.8 Å². The molecule has 0 fully saturated rings. The Bertz CT molecular complexity index is 252. The molecule has 1 nitrogen and oxygen atoms in total. The topological polar surface area (TPSA) is 12.0 Å². The zero-order valence-corrected chi connectivity index (χ0v) is 13.5. The van der Waals surface area contributed by atoms with Crippen molar-refractivity contribution in [2.75, 3.05) is 12.3 Å². The van der Waals surface area contributed by atoms with Crippen LogP contribution in [0.4, 0.5) is 0 Å². The number of allylic oxidation sites excluding steroid dienone is 1. The molecule has 1 aliphatic carbocycles. The fourth-order valence-electron chi connectivity index (χ4n) is 2.31. The summed E-state index contributed by atoms with van der Waals surface area (Å²) < 4.78 is 0.372. The van der Waals surface area contributed by atoms with Gasteiger partial charge in [0.1, 0.15) is 0 Å². The van der Waals surface area contributed by atoms with Gasteiger partial charge in [0.25, 0.3) is 0 Å². The van der Waals surface area contributed by atoms with Gasteiger partial charge in [-0.2, -0.15) is 11.8 Å². The van der Waals surface area contributed by atoms with Crippen LogP contribution in [0.15, 0.2) is 11.6 Å². The van der Waals surface area contributed by atoms with E-state index in [9.17, 15) is 0 Å². The molecule has 1 rings (SSSR count). The summed E-state index contributed by atoms with van der Waals surface area (Å²) in [6.07, 6.45) is 10.5. The molecular formula is C16H31NS. The van der Waals surface area contributed by atoms with E-state index in [2.05, 4.69) is 50.8 Å². The molecule has 1 N–H and O–H groups in total. The first kappa shape index (κ1) is 16.1. The van der Waals surface area contributed by atoms with E-state index in [1.54, 1.807) is 5.57 Å². The van der Waals surface area contributed by atoms with Gasteiger partial charge >= 0.3 is 0 Å². The minimum absolute atomic E-state index is 0.372. The van der Waals surface area contributed by atoms with Gasteiger partial charge in [-0.3, -0.25) is 0 Å². The molecule has 1 aliphatic rings. The average molecular weight is 269 g/mol. The minimum atomic E-state index is 0.372. The Morgan fingerprint density at radius 3 is 2.72 bits per heavy atom. The minimum Gasteiger partial charge on any atom is -0.310 e. The molecule has 0 heterocycles. The molecule has 0 aromatic carbocycles. The average Bonchev–Trinajstić information content (AvgIpc) is 2.56. The van der Waals surface area contributed by atoms with E-state index in [4.69, 9.17) is 0 Å². The van der Waals surface area contributed by atoms with Gasteiger partial charge in [-0.25, -0.2) is 0 Å². The summed E-state index contributed by atoms with van der Waals surface area (Å²) in [5.41, 5.74) is 1.68. The van der Waals surface area contributed by atoms with Crippen molar-refractivity contribution in [1.29, 1.82) is 0 Å². The molecule has 0 saturated carbocycles. The summed E-state index contributed by atoms with van der Waals surface area (Å²) in [5, 5.41) is 3.75. The van der Waals surface area contributed by atoms with Crippen LogP contribution >= 0.6 is 11.8 Å². The Hall–Kier alpha value is 0.0500. The Labute approximate surface area is 118 Å². The maximum atomic E-state index is 3.75. The van der Waals surface area contributed by atoms with E-state index in [0.29, 0.717) is 10.8 Å². The molecule has 0 saturated heterocycles. The van der Waals surface area contributed by atoms with Crippen molar-refractivity contribution in [2.24, 2.45) is 0 Å². The number of nitrogens with one attached hydrogen (secondary N) is 1. The van der Waals surface area contributed by atoms with Crippen LogP contribution < -0.4 is 5.32 Å². The second-order valence-corrected chi connectivity index (χ2v) is 8.16. The van der Waals surface area contributed by atoms with E-state index >= 15 is 0 Å². The summed E-state index contributed by atoms with van der Waals surface area (Å²) in [6, 6.07) is 0.604. The highest BCUT2D eigenvalue weighted by atomic mass is 32.2. The first-order valence-corrected chi connectivity index (χ1v) is 8.58. The largest absolute Gasteiger partial charge is 0.310 e. The molecule has 2 heteroatoms. The Kier molecular flexibility index (Phi) is 7.40. The van der Waals surface area contributed by atoms with Crippen LogP contribution in [0.25, 0.3) is 0 Å². The molecule has 0 aliphatic heterocycles. The lowest BCUT2D eigenvalue weighted by Crippen LogP contribution is -2.35. The van der Waals surface area contributed by atoms with Crippen LogP contribution in [0.2, 0.25) is 0 Å². The summed E-state index contributed by atoms with van der Waals surface area (Å²) >= 11 is 2.09. The third-order valence-electron chi connectivity index (χ3n) is 3.35. The van der Waals surface area contributed by atoms with Crippen LogP contribution in [0.1, 0.15) is 66.2 Å². The highest BCUT2D eigenvalue weighted by Gasteiger charge is 2.19. The molecule has 0 amide bonds. The predicted octanol–water partition coefficient (Wildman–Crippen LogP) is 4.78. The third-order valence-corrected chi connectivity index (χ3v) is 4.71. The van der Waals surface area contributed by atoms with Crippen molar-refractivity contribution in [2.45, 2.75) is 77.0 Å². The first-order valence-electron chi connectivity index (χ1n) is 7.59. The standard InChI is InChI=1S/C16H31NS/c1-5-12-17-15(13-18-16(2,3)4)14-10-8-6-7-9-11-14/h10,15,17H,5-9,11-13H2,1-4H3. The molecule has 18 heavy (non-hydrogen) atoms. The lowest BCUT2D eigenvalue weighted by Gasteiger charge is -2.26. The molecule has 0 aromatic rings. The van der Waals surface area contributed by atoms with Crippen LogP contribution in [0, 0.1) is 0 Å². The molecule has 0 aromatic heterocycles. The van der Waals surface area contributed by atoms with Gasteiger partial charge in [-0.15, -0.1) is 0 Å². The molecule has 106 valence electrons. The lowest BCUT2D eigenvalue weighted by molar-refractivity contribution is 0.582. The molecular weight excluding hydrogens is 238 g/mol. The fraction of sp³-hybridized carbons (Fsp3) is 0.875. The van der Waals surface area contributed by atoms with Crippen molar-refractivity contribution < 1.29 is 0 Å². The van der Waals surface area contributed by atoms with Gasteiger partial charge in [0, 0.05) is 16.5 Å². The predicted molar refractivity (Wildman–Crippen MR) is 85.5 cm³/mol. The van der Waals surface area contributed by atoms with Crippen LogP contribution in [0.3, 0.4) is 0 Å². The van der Waals surface area contributed by atoms with Crippen molar-refractivity contribution in [3.8, 4) is 0 Å². The van der Waals surface area contributed by atoms with E-state index in [0.717, 1.165) is 6.54 Å². The number of hydrogen-bond donors (Lipinski definition) is 1. The summed E-state index contributed by atoms with van der Waals surface area (Å²) in [6.45, 7) is 10.3. The van der Waals surface area contributed by atoms with Gasteiger partial charge in [0.15, 0.2) is 0 Å². The monoisotopic (exact) mass is 269 g/mol. The van der Waals surface area contributed by atoms with Crippen molar-refractivity contribution in [1.82, 2.24) is 5.32 Å².